The summed E-state index contributed by atoms with van der Waals surface area (Å²) in [5, 5.41) is 2.19. The van der Waals surface area contributed by atoms with Crippen molar-refractivity contribution in [2.45, 2.75) is 0 Å². The fraction of sp³-hybridized carbons (Fsp3) is 0.333. The summed E-state index contributed by atoms with van der Waals surface area (Å²) in [6.45, 7) is 0.124. The number of hydrogen-bond acceptors (Lipinski definition) is 2. The van der Waals surface area contributed by atoms with Crippen molar-refractivity contribution < 1.29 is 4.79 Å². The Hall–Kier alpha value is -1.06. The number of nitrogens with zero attached hydrogens (tertiary/aromatic N) is 1. The monoisotopic (exact) mass is 98.0 g/mol. The Morgan fingerprint density at radius 2 is 2.57 bits per heavy atom. The average Bonchev–Trinajstić information content (AvgIpc) is 1.87. The van der Waals surface area contributed by atoms with Gasteiger partial charge in [-0.3, -0.25) is 15.8 Å². The van der Waals surface area contributed by atoms with Crippen LogP contribution in [0, 0.1) is 0 Å². The molecule has 0 aromatic heterocycles. The normalized spacial score (nSPS) is 18.9. The molecular weight excluding hydrogens is 94.1 g/mol. The van der Waals surface area contributed by atoms with Crippen LogP contribution in [0.2, 0.25) is 0 Å². The number of amides is 1. The zero-order chi connectivity index (χ0) is 5.28. The van der Waals surface area contributed by atoms with E-state index in [0.29, 0.717) is 0 Å². The van der Waals surface area contributed by atoms with Crippen LogP contribution in [0.4, 0.5) is 0 Å². The van der Waals surface area contributed by atoms with E-state index in [1.54, 1.807) is 0 Å². The van der Waals surface area contributed by atoms with Crippen LogP contribution in [0.1, 0.15) is 0 Å². The maximum absolute atomic E-state index is 10.1. The summed E-state index contributed by atoms with van der Waals surface area (Å²) in [7, 11) is 0. The molecule has 0 atom stereocenters. The van der Waals surface area contributed by atoms with Crippen molar-refractivity contribution in [3.05, 3.63) is 0 Å². The molecule has 0 saturated heterocycles. The third-order valence-electron chi connectivity index (χ3n) is 0.639. The van der Waals surface area contributed by atoms with Crippen molar-refractivity contribution in [3.63, 3.8) is 0 Å². The minimum absolute atomic E-state index is 0.0231. The molecule has 0 aliphatic carbocycles. The standard InChI is InChI=1S/C3H4N3O/c4-3-5-1-2(7)6-3/h4H,1H2,(H,5,6,7). The second-order valence-electron chi connectivity index (χ2n) is 1.21. The molecule has 0 bridgehead atoms. The first-order chi connectivity index (χ1) is 3.29. The molecule has 1 radical (unpaired) electrons. The lowest BCUT2D eigenvalue weighted by Crippen LogP contribution is -2.24. The van der Waals surface area contributed by atoms with Gasteiger partial charge in [0.2, 0.25) is 11.9 Å². The molecule has 0 aromatic carbocycles. The highest BCUT2D eigenvalue weighted by Crippen LogP contribution is 1.79. The van der Waals surface area contributed by atoms with Gasteiger partial charge in [0.05, 0.1) is 0 Å². The summed E-state index contributed by atoms with van der Waals surface area (Å²) in [4.78, 5) is 13.5. The van der Waals surface area contributed by atoms with Gasteiger partial charge >= 0.3 is 0 Å². The smallest absolute Gasteiger partial charge is 0.248 e. The van der Waals surface area contributed by atoms with Gasteiger partial charge in [0.1, 0.15) is 6.54 Å². The Kier molecular flexibility index (Phi) is 0.714. The van der Waals surface area contributed by atoms with Gasteiger partial charge in [-0.25, -0.2) is 4.99 Å². The molecule has 0 unspecified atom stereocenters. The first-order valence-corrected chi connectivity index (χ1v) is 1.85. The highest BCUT2D eigenvalue weighted by atomic mass is 16.2. The van der Waals surface area contributed by atoms with Gasteiger partial charge in [-0.1, -0.05) is 0 Å². The number of carbonyl (C=O) groups excluding carboxylic acids is 1. The predicted molar refractivity (Wildman–Crippen MR) is 23.5 cm³/mol. The summed E-state index contributed by atoms with van der Waals surface area (Å²) in [5.74, 6) is -0.213. The largest absolute Gasteiger partial charge is 0.294 e. The van der Waals surface area contributed by atoms with Crippen molar-refractivity contribution in [1.82, 2.24) is 11.1 Å². The molecule has 7 heavy (non-hydrogen) atoms. The number of aliphatic imine (C=N–C) groups is 1. The molecule has 1 amide bonds. The molecule has 4 heteroatoms. The van der Waals surface area contributed by atoms with E-state index in [2.05, 4.69) is 10.3 Å². The Balaban J connectivity index is 2.58. The number of hydrogen-bond donors (Lipinski definition) is 1. The second kappa shape index (κ2) is 1.22. The van der Waals surface area contributed by atoms with E-state index in [-0.39, 0.29) is 18.4 Å². The Morgan fingerprint density at radius 3 is 2.71 bits per heavy atom. The summed E-state index contributed by atoms with van der Waals surface area (Å²) >= 11 is 0. The van der Waals surface area contributed by atoms with Gasteiger partial charge in [0.15, 0.2) is 0 Å². The van der Waals surface area contributed by atoms with Gasteiger partial charge in [-0.15, -0.1) is 0 Å². The molecule has 0 aromatic rings. The van der Waals surface area contributed by atoms with Crippen molar-refractivity contribution in [2.75, 3.05) is 6.54 Å². The van der Waals surface area contributed by atoms with Crippen LogP contribution >= 0.6 is 0 Å². The quantitative estimate of drug-likeness (QED) is 0.404. The maximum atomic E-state index is 10.1. The molecule has 37 valence electrons. The molecular formula is C3H4N3O. The fourth-order valence-corrected chi connectivity index (χ4v) is 0.362. The summed E-state index contributed by atoms with van der Waals surface area (Å²) in [6.07, 6.45) is 0. The van der Waals surface area contributed by atoms with Gasteiger partial charge in [-0.05, 0) is 0 Å². The van der Waals surface area contributed by atoms with E-state index in [1.165, 1.54) is 0 Å². The third-order valence-corrected chi connectivity index (χ3v) is 0.639. The molecule has 2 N–H and O–H groups in total. The topological polar surface area (TPSA) is 65.3 Å². The van der Waals surface area contributed by atoms with Crippen LogP contribution in [0.5, 0.6) is 0 Å². The summed E-state index contributed by atoms with van der Waals surface area (Å²) in [6, 6.07) is 0. The zero-order valence-electron chi connectivity index (χ0n) is 3.56. The molecule has 0 fully saturated rings. The van der Waals surface area contributed by atoms with Crippen LogP contribution in [0.3, 0.4) is 0 Å². The number of rotatable bonds is 0. The first kappa shape index (κ1) is 4.11. The molecule has 1 heterocycles. The van der Waals surface area contributed by atoms with Crippen LogP contribution in [0.15, 0.2) is 4.99 Å². The van der Waals surface area contributed by atoms with E-state index in [4.69, 9.17) is 5.73 Å². The van der Waals surface area contributed by atoms with Gasteiger partial charge in [0, 0.05) is 0 Å². The van der Waals surface area contributed by atoms with Crippen molar-refractivity contribution in [3.8, 4) is 0 Å². The first-order valence-electron chi connectivity index (χ1n) is 1.85. The maximum Gasteiger partial charge on any atom is 0.248 e. The van der Waals surface area contributed by atoms with Gasteiger partial charge < -0.3 is 0 Å². The lowest BCUT2D eigenvalue weighted by atomic mass is 10.7. The van der Waals surface area contributed by atoms with Crippen LogP contribution in [-0.4, -0.2) is 18.4 Å². The van der Waals surface area contributed by atoms with Gasteiger partial charge in [-0.2, -0.15) is 0 Å². The Bertz CT molecular complexity index is 128. The van der Waals surface area contributed by atoms with E-state index < -0.39 is 0 Å². The van der Waals surface area contributed by atoms with Crippen LogP contribution in [0.25, 0.3) is 0 Å². The molecule has 1 aliphatic heterocycles. The fourth-order valence-electron chi connectivity index (χ4n) is 0.362. The number of nitrogens with one attached hydrogen (secondary N) is 2. The Morgan fingerprint density at radius 1 is 1.86 bits per heavy atom. The van der Waals surface area contributed by atoms with Crippen molar-refractivity contribution >= 4 is 11.9 Å². The molecule has 1 rings (SSSR count). The van der Waals surface area contributed by atoms with E-state index in [0.717, 1.165) is 0 Å². The van der Waals surface area contributed by atoms with E-state index in [9.17, 15) is 4.79 Å². The minimum atomic E-state index is -0.190. The molecule has 4 nitrogen and oxygen atoms in total. The third kappa shape index (κ3) is 0.677. The minimum Gasteiger partial charge on any atom is -0.294 e. The van der Waals surface area contributed by atoms with E-state index >= 15 is 0 Å². The predicted octanol–water partition coefficient (Wildman–Crippen LogP) is -1.24. The van der Waals surface area contributed by atoms with Crippen molar-refractivity contribution in [2.24, 2.45) is 4.99 Å². The second-order valence-corrected chi connectivity index (χ2v) is 1.21. The summed E-state index contributed by atoms with van der Waals surface area (Å²) in [5.41, 5.74) is 6.68. The van der Waals surface area contributed by atoms with Gasteiger partial charge in [0.25, 0.3) is 0 Å². The molecule has 1 aliphatic rings. The highest BCUT2D eigenvalue weighted by Gasteiger charge is 2.08. The van der Waals surface area contributed by atoms with Crippen LogP contribution < -0.4 is 11.1 Å². The van der Waals surface area contributed by atoms with E-state index in [1.807, 2.05) is 0 Å². The van der Waals surface area contributed by atoms with Crippen LogP contribution in [-0.2, 0) is 4.79 Å². The number of guanidine groups is 1. The van der Waals surface area contributed by atoms with Crippen molar-refractivity contribution in [1.29, 1.82) is 0 Å². The summed E-state index contributed by atoms with van der Waals surface area (Å²) < 4.78 is 0. The Labute approximate surface area is 40.4 Å². The average molecular weight is 98.1 g/mol. The lowest BCUT2D eigenvalue weighted by Gasteiger charge is -1.83. The molecule has 0 saturated carbocycles. The molecule has 0 spiro atoms. The lowest BCUT2D eigenvalue weighted by molar-refractivity contribution is -0.117. The number of carbonyl (C=O) groups is 1. The SMILES string of the molecule is [NH]C1=NCC(=O)N1. The highest BCUT2D eigenvalue weighted by molar-refractivity contribution is 6.01. The zero-order valence-corrected chi connectivity index (χ0v) is 3.56.